The molecular weight excluding hydrogens is 357 g/mol. The molecule has 10 heteroatoms. The summed E-state index contributed by atoms with van der Waals surface area (Å²) in [5, 5.41) is 13.4. The lowest BCUT2D eigenvalue weighted by Crippen LogP contribution is -2.20. The van der Waals surface area contributed by atoms with Gasteiger partial charge in [0, 0.05) is 11.6 Å². The van der Waals surface area contributed by atoms with Crippen molar-refractivity contribution in [1.29, 1.82) is 0 Å². The maximum absolute atomic E-state index is 12.3. The molecule has 7 nitrogen and oxygen atoms in total. The molecule has 0 aromatic heterocycles. The van der Waals surface area contributed by atoms with Crippen LogP contribution in [0.2, 0.25) is 0 Å². The minimum atomic E-state index is -4.53. The summed E-state index contributed by atoms with van der Waals surface area (Å²) in [6, 6.07) is 9.10. The zero-order valence-electron chi connectivity index (χ0n) is 13.4. The lowest BCUT2D eigenvalue weighted by molar-refractivity contribution is -0.385. The summed E-state index contributed by atoms with van der Waals surface area (Å²) in [4.78, 5) is 22.6. The van der Waals surface area contributed by atoms with E-state index in [-0.39, 0.29) is 22.7 Å². The molecule has 0 aliphatic carbocycles. The minimum Gasteiger partial charge on any atom is -0.490 e. The van der Waals surface area contributed by atoms with Gasteiger partial charge in [-0.2, -0.15) is 13.2 Å². The lowest BCUT2D eigenvalue weighted by Gasteiger charge is -2.14. The molecule has 0 aliphatic rings. The smallest absolute Gasteiger partial charge is 0.422 e. The fourth-order valence-electron chi connectivity index (χ4n) is 2.02. The Kier molecular flexibility index (Phi) is 5.65. The van der Waals surface area contributed by atoms with Crippen LogP contribution in [0.3, 0.4) is 0 Å². The van der Waals surface area contributed by atoms with Crippen molar-refractivity contribution in [3.63, 3.8) is 0 Å². The van der Waals surface area contributed by atoms with E-state index in [1.54, 1.807) is 0 Å². The number of ether oxygens (including phenoxy) is 2. The number of amides is 1. The number of hydrogen-bond donors (Lipinski definition) is 1. The molecule has 0 bridgehead atoms. The standard InChI is InChI=1S/C16H13F3N2O5/c1-25-14-7-6-10(8-12(14)21(23)24)15(22)20-11-4-2-3-5-13(11)26-9-16(17,18)19/h2-8H,9H2,1H3,(H,20,22). The fraction of sp³-hybridized carbons (Fsp3) is 0.188. The molecule has 0 unspecified atom stereocenters. The number of benzene rings is 2. The van der Waals surface area contributed by atoms with Gasteiger partial charge in [0.2, 0.25) is 0 Å². The Morgan fingerprint density at radius 2 is 1.88 bits per heavy atom. The normalized spacial score (nSPS) is 10.9. The van der Waals surface area contributed by atoms with Crippen LogP contribution in [0.1, 0.15) is 10.4 Å². The molecule has 0 radical (unpaired) electrons. The molecule has 0 spiro atoms. The number of rotatable bonds is 6. The van der Waals surface area contributed by atoms with Crippen molar-refractivity contribution in [1.82, 2.24) is 0 Å². The van der Waals surface area contributed by atoms with E-state index in [1.165, 1.54) is 43.5 Å². The molecule has 0 aliphatic heterocycles. The third-order valence-corrected chi connectivity index (χ3v) is 3.16. The van der Waals surface area contributed by atoms with Gasteiger partial charge in [0.25, 0.3) is 5.91 Å². The van der Waals surface area contributed by atoms with Crippen molar-refractivity contribution in [2.75, 3.05) is 19.0 Å². The topological polar surface area (TPSA) is 90.7 Å². The number of nitrogens with one attached hydrogen (secondary N) is 1. The van der Waals surface area contributed by atoms with Crippen LogP contribution in [0.4, 0.5) is 24.5 Å². The van der Waals surface area contributed by atoms with Gasteiger partial charge >= 0.3 is 11.9 Å². The second kappa shape index (κ2) is 7.72. The van der Waals surface area contributed by atoms with Gasteiger partial charge in [0.15, 0.2) is 12.4 Å². The number of anilines is 1. The molecular formula is C16H13F3N2O5. The quantitative estimate of drug-likeness (QED) is 0.617. The number of nitro groups is 1. The van der Waals surface area contributed by atoms with Crippen molar-refractivity contribution >= 4 is 17.3 Å². The number of nitro benzene ring substituents is 1. The largest absolute Gasteiger partial charge is 0.490 e. The van der Waals surface area contributed by atoms with Gasteiger partial charge in [-0.25, -0.2) is 0 Å². The molecule has 138 valence electrons. The van der Waals surface area contributed by atoms with Crippen molar-refractivity contribution in [2.45, 2.75) is 6.18 Å². The highest BCUT2D eigenvalue weighted by atomic mass is 19.4. The van der Waals surface area contributed by atoms with E-state index < -0.39 is 29.3 Å². The second-order valence-corrected chi connectivity index (χ2v) is 5.00. The number of methoxy groups -OCH3 is 1. The lowest BCUT2D eigenvalue weighted by atomic mass is 10.1. The molecule has 2 rings (SSSR count). The SMILES string of the molecule is COc1ccc(C(=O)Nc2ccccc2OCC(F)(F)F)cc1[N+](=O)[O-]. The van der Waals surface area contributed by atoms with Gasteiger partial charge < -0.3 is 14.8 Å². The molecule has 0 saturated carbocycles. The summed E-state index contributed by atoms with van der Waals surface area (Å²) in [6.07, 6.45) is -4.53. The highest BCUT2D eigenvalue weighted by Gasteiger charge is 2.29. The molecule has 0 fully saturated rings. The average molecular weight is 370 g/mol. The van der Waals surface area contributed by atoms with E-state index in [0.717, 1.165) is 6.07 Å². The van der Waals surface area contributed by atoms with E-state index in [0.29, 0.717) is 0 Å². The average Bonchev–Trinajstić information content (AvgIpc) is 2.59. The highest BCUT2D eigenvalue weighted by Crippen LogP contribution is 2.29. The number of halogens is 3. The highest BCUT2D eigenvalue weighted by molar-refractivity contribution is 6.05. The predicted octanol–water partition coefficient (Wildman–Crippen LogP) is 3.80. The summed E-state index contributed by atoms with van der Waals surface area (Å²) in [7, 11) is 1.25. The Balaban J connectivity index is 2.23. The van der Waals surface area contributed by atoms with E-state index in [9.17, 15) is 28.1 Å². The van der Waals surface area contributed by atoms with Crippen molar-refractivity contribution in [3.8, 4) is 11.5 Å². The maximum Gasteiger partial charge on any atom is 0.422 e. The van der Waals surface area contributed by atoms with Crippen LogP contribution in [0, 0.1) is 10.1 Å². The van der Waals surface area contributed by atoms with Gasteiger partial charge in [-0.05, 0) is 24.3 Å². The Bertz CT molecular complexity index is 824. The van der Waals surface area contributed by atoms with Gasteiger partial charge in [0.1, 0.15) is 5.75 Å². The number of para-hydroxylation sites is 2. The van der Waals surface area contributed by atoms with Gasteiger partial charge in [-0.15, -0.1) is 0 Å². The first kappa shape index (κ1) is 19.0. The molecule has 1 amide bonds. The molecule has 26 heavy (non-hydrogen) atoms. The second-order valence-electron chi connectivity index (χ2n) is 5.00. The van der Waals surface area contributed by atoms with E-state index in [4.69, 9.17) is 4.74 Å². The molecule has 0 heterocycles. The third-order valence-electron chi connectivity index (χ3n) is 3.16. The summed E-state index contributed by atoms with van der Waals surface area (Å²) >= 11 is 0. The summed E-state index contributed by atoms with van der Waals surface area (Å²) in [5.41, 5.74) is -0.481. The van der Waals surface area contributed by atoms with E-state index in [2.05, 4.69) is 10.1 Å². The van der Waals surface area contributed by atoms with E-state index >= 15 is 0 Å². The summed E-state index contributed by atoms with van der Waals surface area (Å²) < 4.78 is 46.4. The first-order valence-electron chi connectivity index (χ1n) is 7.13. The Morgan fingerprint density at radius 3 is 2.50 bits per heavy atom. The maximum atomic E-state index is 12.3. The molecule has 0 saturated heterocycles. The van der Waals surface area contributed by atoms with Crippen molar-refractivity contribution < 1.29 is 32.4 Å². The molecule has 2 aromatic rings. The number of carbonyl (C=O) groups excluding carboxylic acids is 1. The van der Waals surface area contributed by atoms with Crippen molar-refractivity contribution in [2.24, 2.45) is 0 Å². The Morgan fingerprint density at radius 1 is 1.19 bits per heavy atom. The number of hydrogen-bond acceptors (Lipinski definition) is 5. The van der Waals surface area contributed by atoms with Crippen LogP contribution >= 0.6 is 0 Å². The van der Waals surface area contributed by atoms with Gasteiger partial charge in [-0.1, -0.05) is 12.1 Å². The first-order chi connectivity index (χ1) is 12.2. The van der Waals surface area contributed by atoms with Gasteiger partial charge in [0.05, 0.1) is 17.7 Å². The first-order valence-corrected chi connectivity index (χ1v) is 7.13. The number of nitrogens with zero attached hydrogens (tertiary/aromatic N) is 1. The zero-order chi connectivity index (χ0) is 19.3. The van der Waals surface area contributed by atoms with Crippen LogP contribution in [0.25, 0.3) is 0 Å². The monoisotopic (exact) mass is 370 g/mol. The van der Waals surface area contributed by atoms with Gasteiger partial charge in [-0.3, -0.25) is 14.9 Å². The molecule has 2 aromatic carbocycles. The molecule has 0 atom stereocenters. The number of carbonyl (C=O) groups is 1. The summed E-state index contributed by atoms with van der Waals surface area (Å²) in [6.45, 7) is -1.52. The molecule has 1 N–H and O–H groups in total. The van der Waals surface area contributed by atoms with Crippen LogP contribution in [-0.4, -0.2) is 30.7 Å². The number of alkyl halides is 3. The van der Waals surface area contributed by atoms with Crippen LogP contribution in [0.15, 0.2) is 42.5 Å². The zero-order valence-corrected chi connectivity index (χ0v) is 13.4. The van der Waals surface area contributed by atoms with E-state index in [1.807, 2.05) is 0 Å². The minimum absolute atomic E-state index is 0.000205. The van der Waals surface area contributed by atoms with Crippen LogP contribution in [-0.2, 0) is 0 Å². The van der Waals surface area contributed by atoms with Crippen LogP contribution in [0.5, 0.6) is 11.5 Å². The predicted molar refractivity (Wildman–Crippen MR) is 85.6 cm³/mol. The Hall–Kier alpha value is -3.30. The fourth-order valence-corrected chi connectivity index (χ4v) is 2.02. The third kappa shape index (κ3) is 4.85. The van der Waals surface area contributed by atoms with Crippen LogP contribution < -0.4 is 14.8 Å². The van der Waals surface area contributed by atoms with Crippen molar-refractivity contribution in [3.05, 3.63) is 58.1 Å². The Labute approximate surface area is 145 Å². The summed E-state index contributed by atoms with van der Waals surface area (Å²) in [5.74, 6) is -0.958.